The number of hydrogen-bond donors (Lipinski definition) is 2. The molecular weight excluding hydrogens is 304 g/mol. The number of carbonyl (C=O) groups excluding carboxylic acids is 1. The van der Waals surface area contributed by atoms with Gasteiger partial charge in [0.1, 0.15) is 6.10 Å². The Morgan fingerprint density at radius 1 is 1.25 bits per heavy atom. The van der Waals surface area contributed by atoms with Crippen molar-refractivity contribution < 1.29 is 19.7 Å². The summed E-state index contributed by atoms with van der Waals surface area (Å²) in [5.74, 6) is -0.631. The third kappa shape index (κ3) is 4.58. The predicted octanol–water partition coefficient (Wildman–Crippen LogP) is 3.44. The van der Waals surface area contributed by atoms with Crippen molar-refractivity contribution in [1.82, 2.24) is 0 Å². The van der Waals surface area contributed by atoms with Crippen molar-refractivity contribution in [3.8, 4) is 0 Å². The van der Waals surface area contributed by atoms with E-state index in [1.54, 1.807) is 6.92 Å². The lowest BCUT2D eigenvalue weighted by molar-refractivity contribution is -0.139. The largest absolute Gasteiger partial charge is 0.458 e. The van der Waals surface area contributed by atoms with Crippen LogP contribution in [0.25, 0.3) is 0 Å². The number of rotatable bonds is 0. The molecule has 2 rings (SSSR count). The molecule has 24 heavy (non-hydrogen) atoms. The van der Waals surface area contributed by atoms with Crippen molar-refractivity contribution in [2.45, 2.75) is 77.1 Å². The molecule has 0 saturated carbocycles. The van der Waals surface area contributed by atoms with Gasteiger partial charge in [0.05, 0.1) is 11.7 Å². The minimum Gasteiger partial charge on any atom is -0.458 e. The Bertz CT molecular complexity index is 556. The van der Waals surface area contributed by atoms with Gasteiger partial charge in [0.2, 0.25) is 0 Å². The lowest BCUT2D eigenvalue weighted by Crippen LogP contribution is -2.41. The van der Waals surface area contributed by atoms with Crippen molar-refractivity contribution in [1.29, 1.82) is 0 Å². The quantitative estimate of drug-likeness (QED) is 0.404. The Hall–Kier alpha value is -1.39. The monoisotopic (exact) mass is 334 g/mol. The van der Waals surface area contributed by atoms with Gasteiger partial charge >= 0.3 is 5.97 Å². The topological polar surface area (TPSA) is 66.8 Å². The third-order valence-electron chi connectivity index (χ3n) is 5.31. The fourth-order valence-electron chi connectivity index (χ4n) is 3.47. The van der Waals surface area contributed by atoms with Crippen molar-refractivity contribution >= 4 is 5.97 Å². The van der Waals surface area contributed by atoms with Crippen LogP contribution >= 0.6 is 0 Å². The molecule has 0 aromatic heterocycles. The summed E-state index contributed by atoms with van der Waals surface area (Å²) in [4.78, 5) is 11.9. The normalized spacial score (nSPS) is 40.6. The molecule has 0 unspecified atom stereocenters. The van der Waals surface area contributed by atoms with E-state index in [1.165, 1.54) is 11.1 Å². The molecule has 0 radical (unpaired) electrons. The van der Waals surface area contributed by atoms with Gasteiger partial charge in [0.25, 0.3) is 0 Å². The summed E-state index contributed by atoms with van der Waals surface area (Å²) in [6.07, 6.45) is 7.19. The van der Waals surface area contributed by atoms with Crippen LogP contribution in [0.4, 0.5) is 0 Å². The average molecular weight is 334 g/mol. The molecular formula is C20H30O4. The van der Waals surface area contributed by atoms with E-state index in [-0.39, 0.29) is 24.4 Å². The standard InChI is InChI=1S/C20H30O4/c1-13-7-5-8-14(2)11-17-16(15(3)19(22)24-17)12-18(21)20(4,23)10-6-9-13/h8-9,16-18,21,23H,3,5-7,10-12H2,1-2,4H3/b13-9+,14-8+/t16-,17+,18+,20-/m1/s1. The van der Waals surface area contributed by atoms with Crippen molar-refractivity contribution in [2.24, 2.45) is 5.92 Å². The summed E-state index contributed by atoms with van der Waals surface area (Å²) >= 11 is 0. The van der Waals surface area contributed by atoms with Gasteiger partial charge in [0.15, 0.2) is 0 Å². The highest BCUT2D eigenvalue weighted by atomic mass is 16.6. The summed E-state index contributed by atoms with van der Waals surface area (Å²) in [7, 11) is 0. The first kappa shape index (κ1) is 18.9. The fraction of sp³-hybridized carbons (Fsp3) is 0.650. The maximum absolute atomic E-state index is 11.9. The van der Waals surface area contributed by atoms with Crippen LogP contribution in [0.3, 0.4) is 0 Å². The maximum Gasteiger partial charge on any atom is 0.334 e. The van der Waals surface area contributed by atoms with Gasteiger partial charge in [-0.1, -0.05) is 29.9 Å². The van der Waals surface area contributed by atoms with Crippen LogP contribution in [0, 0.1) is 5.92 Å². The Morgan fingerprint density at radius 3 is 2.62 bits per heavy atom. The van der Waals surface area contributed by atoms with E-state index in [2.05, 4.69) is 25.7 Å². The maximum atomic E-state index is 11.9. The number of fused-ring (bicyclic) bond motifs is 1. The van der Waals surface area contributed by atoms with E-state index in [0.29, 0.717) is 18.4 Å². The van der Waals surface area contributed by atoms with Gasteiger partial charge in [-0.25, -0.2) is 4.79 Å². The van der Waals surface area contributed by atoms with E-state index in [0.717, 1.165) is 19.3 Å². The molecule has 1 aliphatic carbocycles. The zero-order chi connectivity index (χ0) is 17.9. The fourth-order valence-corrected chi connectivity index (χ4v) is 3.47. The number of carbonyl (C=O) groups is 1. The van der Waals surface area contributed by atoms with E-state index in [9.17, 15) is 15.0 Å². The summed E-state index contributed by atoms with van der Waals surface area (Å²) in [6, 6.07) is 0. The summed E-state index contributed by atoms with van der Waals surface area (Å²) in [5, 5.41) is 21.2. The second-order valence-corrected chi connectivity index (χ2v) is 7.57. The SMILES string of the molecule is C=C1C(=O)O[C@H]2C/C(C)=C/CC/C(C)=C/CC[C@@](C)(O)[C@@H](O)C[C@H]12. The molecule has 1 fully saturated rings. The van der Waals surface area contributed by atoms with Crippen molar-refractivity contribution in [2.75, 3.05) is 0 Å². The van der Waals surface area contributed by atoms with Gasteiger partial charge in [0, 0.05) is 17.9 Å². The van der Waals surface area contributed by atoms with Crippen LogP contribution in [0.1, 0.15) is 59.3 Å². The van der Waals surface area contributed by atoms with E-state index in [1.807, 2.05) is 6.92 Å². The van der Waals surface area contributed by atoms with Crippen LogP contribution in [-0.4, -0.2) is 34.0 Å². The van der Waals surface area contributed by atoms with E-state index >= 15 is 0 Å². The minimum absolute atomic E-state index is 0.248. The molecule has 1 saturated heterocycles. The van der Waals surface area contributed by atoms with Crippen LogP contribution in [-0.2, 0) is 9.53 Å². The molecule has 4 nitrogen and oxygen atoms in total. The van der Waals surface area contributed by atoms with Crippen LogP contribution in [0.15, 0.2) is 35.5 Å². The highest BCUT2D eigenvalue weighted by Gasteiger charge is 2.42. The van der Waals surface area contributed by atoms with Gasteiger partial charge in [-0.15, -0.1) is 0 Å². The highest BCUT2D eigenvalue weighted by Crippen LogP contribution is 2.36. The Labute approximate surface area is 144 Å². The average Bonchev–Trinajstić information content (AvgIpc) is 2.73. The molecule has 0 bridgehead atoms. The lowest BCUT2D eigenvalue weighted by atomic mass is 9.81. The molecule has 0 spiro atoms. The van der Waals surface area contributed by atoms with E-state index in [4.69, 9.17) is 4.74 Å². The minimum atomic E-state index is -1.19. The number of allylic oxidation sites excluding steroid dienone is 3. The summed E-state index contributed by atoms with van der Waals surface area (Å²) in [6.45, 7) is 9.64. The van der Waals surface area contributed by atoms with Crippen LogP contribution in [0.2, 0.25) is 0 Å². The summed E-state index contributed by atoms with van der Waals surface area (Å²) < 4.78 is 5.46. The lowest BCUT2D eigenvalue weighted by Gasteiger charge is -2.31. The number of aliphatic hydroxyl groups is 2. The van der Waals surface area contributed by atoms with Gasteiger partial charge in [-0.05, 0) is 52.9 Å². The second-order valence-electron chi connectivity index (χ2n) is 7.57. The first-order valence-corrected chi connectivity index (χ1v) is 8.82. The zero-order valence-corrected chi connectivity index (χ0v) is 15.0. The zero-order valence-electron chi connectivity index (χ0n) is 15.0. The number of aliphatic hydroxyl groups excluding tert-OH is 1. The molecule has 0 aromatic rings. The number of ether oxygens (including phenoxy) is 1. The van der Waals surface area contributed by atoms with Crippen LogP contribution < -0.4 is 0 Å². The molecule has 2 N–H and O–H groups in total. The first-order chi connectivity index (χ1) is 11.2. The first-order valence-electron chi connectivity index (χ1n) is 8.82. The molecule has 0 aromatic carbocycles. The molecule has 134 valence electrons. The molecule has 0 amide bonds. The van der Waals surface area contributed by atoms with Crippen LogP contribution in [0.5, 0.6) is 0 Å². The Morgan fingerprint density at radius 2 is 1.92 bits per heavy atom. The molecule has 4 heteroatoms. The molecule has 1 aliphatic heterocycles. The van der Waals surface area contributed by atoms with Gasteiger partial charge in [-0.3, -0.25) is 0 Å². The molecule has 1 heterocycles. The summed E-state index contributed by atoms with van der Waals surface area (Å²) in [5.41, 5.74) is 1.69. The van der Waals surface area contributed by atoms with Crippen molar-refractivity contribution in [3.05, 3.63) is 35.5 Å². The smallest absolute Gasteiger partial charge is 0.334 e. The Balaban J connectivity index is 2.24. The predicted molar refractivity (Wildman–Crippen MR) is 94.4 cm³/mol. The third-order valence-corrected chi connectivity index (χ3v) is 5.31. The van der Waals surface area contributed by atoms with Crippen molar-refractivity contribution in [3.63, 3.8) is 0 Å². The van der Waals surface area contributed by atoms with Gasteiger partial charge < -0.3 is 14.9 Å². The number of hydrogen-bond acceptors (Lipinski definition) is 4. The molecule has 2 aliphatic rings. The Kier molecular flexibility index (Phi) is 6.05. The second kappa shape index (κ2) is 7.66. The molecule has 4 atom stereocenters. The number of esters is 1. The highest BCUT2D eigenvalue weighted by molar-refractivity contribution is 5.90. The van der Waals surface area contributed by atoms with Gasteiger partial charge in [-0.2, -0.15) is 0 Å². The van der Waals surface area contributed by atoms with E-state index < -0.39 is 11.7 Å².